The molecule has 1 N–H and O–H groups in total. The highest BCUT2D eigenvalue weighted by Crippen LogP contribution is 2.59. The number of halogens is 1. The Kier molecular flexibility index (Phi) is 5.01. The highest BCUT2D eigenvalue weighted by molar-refractivity contribution is 5.94. The lowest BCUT2D eigenvalue weighted by molar-refractivity contribution is -0.0503. The summed E-state index contributed by atoms with van der Waals surface area (Å²) in [5.74, 6) is 2.41. The SMILES string of the molecule is O=C(NCC12CC3CC(CC(C3)C1)C2)c1ncnc2c1CCN(Cc1ccc(F)cc1)C2. The van der Waals surface area contributed by atoms with Crippen molar-refractivity contribution in [1.82, 2.24) is 20.2 Å². The van der Waals surface area contributed by atoms with Gasteiger partial charge in [-0.25, -0.2) is 14.4 Å². The molecule has 0 radical (unpaired) electrons. The van der Waals surface area contributed by atoms with Crippen molar-refractivity contribution in [3.63, 3.8) is 0 Å². The number of carbonyl (C=O) groups is 1. The first-order valence-electron chi connectivity index (χ1n) is 12.1. The molecule has 4 aliphatic carbocycles. The summed E-state index contributed by atoms with van der Waals surface area (Å²) in [5.41, 5.74) is 3.89. The zero-order valence-corrected chi connectivity index (χ0v) is 18.5. The van der Waals surface area contributed by atoms with Crippen LogP contribution in [0, 0.1) is 29.0 Å². The van der Waals surface area contributed by atoms with E-state index in [1.54, 1.807) is 0 Å². The van der Waals surface area contributed by atoms with Gasteiger partial charge in [-0.1, -0.05) is 12.1 Å². The average Bonchev–Trinajstić information content (AvgIpc) is 2.78. The van der Waals surface area contributed by atoms with Crippen LogP contribution in [0.1, 0.15) is 65.8 Å². The van der Waals surface area contributed by atoms with Crippen LogP contribution in [0.5, 0.6) is 0 Å². The molecular weight excluding hydrogens is 403 g/mol. The van der Waals surface area contributed by atoms with E-state index in [9.17, 15) is 9.18 Å². The third-order valence-electron chi connectivity index (χ3n) is 8.41. The molecule has 168 valence electrons. The smallest absolute Gasteiger partial charge is 0.270 e. The van der Waals surface area contributed by atoms with Crippen molar-refractivity contribution in [1.29, 1.82) is 0 Å². The van der Waals surface area contributed by atoms with E-state index in [1.807, 2.05) is 12.1 Å². The highest BCUT2D eigenvalue weighted by atomic mass is 19.1. The molecule has 0 spiro atoms. The van der Waals surface area contributed by atoms with Crippen LogP contribution >= 0.6 is 0 Å². The first kappa shape index (κ1) is 20.3. The predicted molar refractivity (Wildman–Crippen MR) is 119 cm³/mol. The molecule has 2 heterocycles. The summed E-state index contributed by atoms with van der Waals surface area (Å²) in [6.45, 7) is 3.07. The first-order chi connectivity index (χ1) is 15.6. The van der Waals surface area contributed by atoms with E-state index in [1.165, 1.54) is 57.0 Å². The Morgan fingerprint density at radius 1 is 1.06 bits per heavy atom. The van der Waals surface area contributed by atoms with Crippen LogP contribution in [0.2, 0.25) is 0 Å². The highest BCUT2D eigenvalue weighted by Gasteiger charge is 2.50. The summed E-state index contributed by atoms with van der Waals surface area (Å²) in [7, 11) is 0. The molecule has 4 fully saturated rings. The Balaban J connectivity index is 1.12. The topological polar surface area (TPSA) is 58.1 Å². The fourth-order valence-electron chi connectivity index (χ4n) is 7.45. The molecule has 1 aliphatic heterocycles. The molecule has 1 aromatic carbocycles. The van der Waals surface area contributed by atoms with Gasteiger partial charge in [-0.15, -0.1) is 0 Å². The van der Waals surface area contributed by atoms with Gasteiger partial charge < -0.3 is 5.32 Å². The largest absolute Gasteiger partial charge is 0.350 e. The standard InChI is InChI=1S/C26H31FN4O/c27-21-3-1-17(2-4-21)13-31-6-5-22-23(14-31)29-16-30-24(22)25(32)28-15-26-10-18-7-19(11-26)9-20(8-18)12-26/h1-4,16,18-20H,5-15H2,(H,28,32). The summed E-state index contributed by atoms with van der Waals surface area (Å²) in [6, 6.07) is 6.66. The third kappa shape index (κ3) is 3.83. The molecule has 6 heteroatoms. The average molecular weight is 435 g/mol. The molecule has 4 saturated carbocycles. The summed E-state index contributed by atoms with van der Waals surface area (Å²) < 4.78 is 13.2. The van der Waals surface area contributed by atoms with Crippen LogP contribution in [0.15, 0.2) is 30.6 Å². The van der Waals surface area contributed by atoms with Gasteiger partial charge in [0.1, 0.15) is 17.8 Å². The number of amides is 1. The summed E-state index contributed by atoms with van der Waals surface area (Å²) in [6.07, 6.45) is 10.4. The van der Waals surface area contributed by atoms with Crippen LogP contribution in [0.3, 0.4) is 0 Å². The molecule has 5 aliphatic rings. The Morgan fingerprint density at radius 3 is 2.44 bits per heavy atom. The summed E-state index contributed by atoms with van der Waals surface area (Å²) in [5, 5.41) is 3.28. The Labute approximate surface area is 188 Å². The van der Waals surface area contributed by atoms with E-state index >= 15 is 0 Å². The second-order valence-electron chi connectivity index (χ2n) is 10.8. The van der Waals surface area contributed by atoms with Crippen LogP contribution in [-0.4, -0.2) is 33.9 Å². The van der Waals surface area contributed by atoms with Crippen molar-refractivity contribution in [2.75, 3.05) is 13.1 Å². The van der Waals surface area contributed by atoms with E-state index in [4.69, 9.17) is 0 Å². The molecule has 0 atom stereocenters. The van der Waals surface area contributed by atoms with E-state index in [-0.39, 0.29) is 11.7 Å². The maximum absolute atomic E-state index is 13.2. The number of carbonyl (C=O) groups excluding carboxylic acids is 1. The van der Waals surface area contributed by atoms with Gasteiger partial charge in [-0.05, 0) is 85.8 Å². The van der Waals surface area contributed by atoms with Gasteiger partial charge >= 0.3 is 0 Å². The van der Waals surface area contributed by atoms with Crippen LogP contribution in [-0.2, 0) is 19.5 Å². The number of benzene rings is 1. The molecular formula is C26H31FN4O. The molecule has 7 rings (SSSR count). The van der Waals surface area contributed by atoms with Crippen LogP contribution in [0.25, 0.3) is 0 Å². The molecule has 4 bridgehead atoms. The van der Waals surface area contributed by atoms with Gasteiger partial charge in [0.05, 0.1) is 5.69 Å². The number of hydrogen-bond acceptors (Lipinski definition) is 4. The molecule has 0 unspecified atom stereocenters. The predicted octanol–water partition coefficient (Wildman–Crippen LogP) is 4.12. The van der Waals surface area contributed by atoms with Crippen molar-refractivity contribution in [2.24, 2.45) is 23.2 Å². The van der Waals surface area contributed by atoms with Crippen molar-refractivity contribution < 1.29 is 9.18 Å². The zero-order chi connectivity index (χ0) is 21.7. The minimum atomic E-state index is -0.213. The quantitative estimate of drug-likeness (QED) is 0.769. The zero-order valence-electron chi connectivity index (χ0n) is 18.5. The van der Waals surface area contributed by atoms with Crippen LogP contribution < -0.4 is 5.32 Å². The fraction of sp³-hybridized carbons (Fsp3) is 0.577. The van der Waals surface area contributed by atoms with Crippen molar-refractivity contribution in [3.8, 4) is 0 Å². The lowest BCUT2D eigenvalue weighted by Crippen LogP contribution is -2.51. The van der Waals surface area contributed by atoms with Crippen molar-refractivity contribution in [2.45, 2.75) is 58.0 Å². The monoisotopic (exact) mass is 434 g/mol. The second-order valence-corrected chi connectivity index (χ2v) is 10.8. The number of hydrogen-bond donors (Lipinski definition) is 1. The van der Waals surface area contributed by atoms with Crippen molar-refractivity contribution >= 4 is 5.91 Å². The maximum Gasteiger partial charge on any atom is 0.270 e. The summed E-state index contributed by atoms with van der Waals surface area (Å²) in [4.78, 5) is 24.3. The number of nitrogens with one attached hydrogen (secondary N) is 1. The van der Waals surface area contributed by atoms with Crippen molar-refractivity contribution in [3.05, 3.63) is 58.9 Å². The molecule has 5 nitrogen and oxygen atoms in total. The lowest BCUT2D eigenvalue weighted by atomic mass is 9.49. The van der Waals surface area contributed by atoms with E-state index in [0.29, 0.717) is 17.7 Å². The normalized spacial score (nSPS) is 30.8. The number of rotatable bonds is 5. The Morgan fingerprint density at radius 2 is 1.75 bits per heavy atom. The Bertz CT molecular complexity index is 986. The van der Waals surface area contributed by atoms with E-state index in [2.05, 4.69) is 20.2 Å². The maximum atomic E-state index is 13.2. The van der Waals surface area contributed by atoms with Crippen LogP contribution in [0.4, 0.5) is 4.39 Å². The number of nitrogens with zero attached hydrogens (tertiary/aromatic N) is 3. The van der Waals surface area contributed by atoms with E-state index < -0.39 is 0 Å². The van der Waals surface area contributed by atoms with Gasteiger partial charge in [0.25, 0.3) is 5.91 Å². The van der Waals surface area contributed by atoms with E-state index in [0.717, 1.165) is 60.6 Å². The molecule has 1 amide bonds. The van der Waals surface area contributed by atoms with Gasteiger partial charge in [0.15, 0.2) is 0 Å². The van der Waals surface area contributed by atoms with Gasteiger partial charge in [-0.2, -0.15) is 0 Å². The van der Waals surface area contributed by atoms with Gasteiger partial charge in [0, 0.05) is 31.7 Å². The number of fused-ring (bicyclic) bond motifs is 1. The Hall–Kier alpha value is -2.34. The number of aromatic nitrogens is 2. The molecule has 0 saturated heterocycles. The first-order valence-corrected chi connectivity index (χ1v) is 12.1. The van der Waals surface area contributed by atoms with Gasteiger partial charge in [-0.3, -0.25) is 9.69 Å². The minimum absolute atomic E-state index is 0.0358. The molecule has 32 heavy (non-hydrogen) atoms. The lowest BCUT2D eigenvalue weighted by Gasteiger charge is -2.56. The third-order valence-corrected chi connectivity index (χ3v) is 8.41. The minimum Gasteiger partial charge on any atom is -0.350 e. The second kappa shape index (κ2) is 7.91. The molecule has 2 aromatic rings. The fourth-order valence-corrected chi connectivity index (χ4v) is 7.45. The van der Waals surface area contributed by atoms with Gasteiger partial charge in [0.2, 0.25) is 0 Å². The summed E-state index contributed by atoms with van der Waals surface area (Å²) >= 11 is 0. The molecule has 1 aromatic heterocycles.